The van der Waals surface area contributed by atoms with Crippen LogP contribution in [0.1, 0.15) is 76.2 Å². The third kappa shape index (κ3) is 6.06. The number of ether oxygens (including phenoxy) is 1. The molecule has 1 saturated heterocycles. The summed E-state index contributed by atoms with van der Waals surface area (Å²) < 4.78 is 33.4. The highest BCUT2D eigenvalue weighted by Crippen LogP contribution is 2.40. The van der Waals surface area contributed by atoms with Crippen LogP contribution in [0, 0.1) is 23.5 Å². The first-order valence-corrected chi connectivity index (χ1v) is 15.7. The zero-order valence-corrected chi connectivity index (χ0v) is 21.6. The molecule has 0 radical (unpaired) electrons. The molecule has 0 bridgehead atoms. The van der Waals surface area contributed by atoms with Crippen LogP contribution in [0.3, 0.4) is 0 Å². The molecule has 2 aromatic rings. The average molecular weight is 471 g/mol. The second-order valence-corrected chi connectivity index (χ2v) is 14.0. The summed E-state index contributed by atoms with van der Waals surface area (Å²) in [6.45, 7) is 2.35. The van der Waals surface area contributed by atoms with Crippen LogP contribution in [-0.2, 0) is 0 Å². The summed E-state index contributed by atoms with van der Waals surface area (Å²) in [5.41, 5.74) is 2.34. The Morgan fingerprint density at radius 3 is 2.06 bits per heavy atom. The van der Waals surface area contributed by atoms with Gasteiger partial charge in [-0.3, -0.25) is 0 Å². The fourth-order valence-electron chi connectivity index (χ4n) is 6.32. The number of hydrogen-bond donors (Lipinski definition) is 0. The summed E-state index contributed by atoms with van der Waals surface area (Å²) in [5.74, 6) is 0.692. The van der Waals surface area contributed by atoms with Gasteiger partial charge < -0.3 is 4.74 Å². The number of hydrogen-bond acceptors (Lipinski definition) is 1. The maximum atomic E-state index is 14.4. The number of benzene rings is 2. The molecule has 2 aliphatic rings. The molecule has 4 rings (SSSR count). The zero-order valence-electron chi connectivity index (χ0n) is 20.4. The Morgan fingerprint density at radius 2 is 1.45 bits per heavy atom. The van der Waals surface area contributed by atoms with Gasteiger partial charge in [-0.05, 0) is 66.7 Å². The van der Waals surface area contributed by atoms with E-state index >= 15 is 0 Å². The summed E-state index contributed by atoms with van der Waals surface area (Å²) in [6, 6.07) is 16.0. The predicted octanol–water partition coefficient (Wildman–Crippen LogP) is 8.74. The first kappa shape index (κ1) is 24.4. The van der Waals surface area contributed by atoms with Gasteiger partial charge >= 0.3 is 0 Å². The van der Waals surface area contributed by atoms with Crippen LogP contribution in [-0.4, -0.2) is 15.9 Å². The van der Waals surface area contributed by atoms with Crippen LogP contribution in [0.25, 0.3) is 11.1 Å². The second kappa shape index (κ2) is 11.6. The van der Waals surface area contributed by atoms with Crippen LogP contribution >= 0.6 is 0 Å². The van der Waals surface area contributed by atoms with Gasteiger partial charge in [-0.2, -0.15) is 4.39 Å². The molecule has 0 aromatic heterocycles. The predicted molar refractivity (Wildman–Crippen MR) is 137 cm³/mol. The van der Waals surface area contributed by atoms with Gasteiger partial charge in [0.2, 0.25) is 5.82 Å². The number of methoxy groups -OCH3 is 1. The molecule has 2 fully saturated rings. The molecule has 0 amide bonds. The second-order valence-electron chi connectivity index (χ2n) is 10.5. The SMILES string of the molecule is CCC[SiH]1CCC(CC[C@H]2CC[C@H](c3ccc(-c4ccc(OC)c(F)c4F)cc3)CC2)CC1. The molecule has 1 aliphatic heterocycles. The van der Waals surface area contributed by atoms with E-state index in [1.54, 1.807) is 24.2 Å². The summed E-state index contributed by atoms with van der Waals surface area (Å²) >= 11 is 0. The minimum atomic E-state index is -0.923. The molecule has 1 saturated carbocycles. The van der Waals surface area contributed by atoms with Crippen LogP contribution in [0.15, 0.2) is 36.4 Å². The highest BCUT2D eigenvalue weighted by atomic mass is 28.3. The Morgan fingerprint density at radius 1 is 0.818 bits per heavy atom. The molecule has 1 heterocycles. The molecule has 1 nitrogen and oxygen atoms in total. The van der Waals surface area contributed by atoms with E-state index < -0.39 is 11.6 Å². The lowest BCUT2D eigenvalue weighted by molar-refractivity contribution is 0.280. The molecule has 1 aliphatic carbocycles. The first-order valence-electron chi connectivity index (χ1n) is 13.2. The highest BCUT2D eigenvalue weighted by molar-refractivity contribution is 6.58. The Kier molecular flexibility index (Phi) is 8.62. The Balaban J connectivity index is 1.25. The van der Waals surface area contributed by atoms with E-state index in [4.69, 9.17) is 4.74 Å². The van der Waals surface area contributed by atoms with Crippen molar-refractivity contribution < 1.29 is 13.5 Å². The van der Waals surface area contributed by atoms with Gasteiger partial charge in [0, 0.05) is 14.4 Å². The molecular formula is C29H40F2OSi. The van der Waals surface area contributed by atoms with Gasteiger partial charge in [0.25, 0.3) is 0 Å². The van der Waals surface area contributed by atoms with E-state index in [0.717, 1.165) is 11.8 Å². The van der Waals surface area contributed by atoms with Gasteiger partial charge in [-0.15, -0.1) is 0 Å². The summed E-state index contributed by atoms with van der Waals surface area (Å²) in [5, 5.41) is 0. The van der Waals surface area contributed by atoms with E-state index in [9.17, 15) is 8.78 Å². The smallest absolute Gasteiger partial charge is 0.201 e. The topological polar surface area (TPSA) is 9.23 Å². The first-order chi connectivity index (χ1) is 16.1. The van der Waals surface area contributed by atoms with E-state index in [-0.39, 0.29) is 20.1 Å². The molecule has 0 unspecified atom stereocenters. The summed E-state index contributed by atoms with van der Waals surface area (Å²) in [4.78, 5) is 0. The van der Waals surface area contributed by atoms with Crippen molar-refractivity contribution in [3.8, 4) is 16.9 Å². The third-order valence-corrected chi connectivity index (χ3v) is 12.1. The van der Waals surface area contributed by atoms with Crippen LogP contribution < -0.4 is 4.74 Å². The highest BCUT2D eigenvalue weighted by Gasteiger charge is 2.25. The van der Waals surface area contributed by atoms with Gasteiger partial charge in [-0.1, -0.05) is 81.4 Å². The van der Waals surface area contributed by atoms with Crippen molar-refractivity contribution in [1.82, 2.24) is 0 Å². The van der Waals surface area contributed by atoms with Gasteiger partial charge in [0.1, 0.15) is 0 Å². The lowest BCUT2D eigenvalue weighted by atomic mass is 9.76. The van der Waals surface area contributed by atoms with E-state index in [2.05, 4.69) is 19.1 Å². The van der Waals surface area contributed by atoms with Crippen molar-refractivity contribution in [2.24, 2.45) is 11.8 Å². The van der Waals surface area contributed by atoms with Gasteiger partial charge in [0.05, 0.1) is 7.11 Å². The van der Waals surface area contributed by atoms with Crippen LogP contribution in [0.5, 0.6) is 5.75 Å². The maximum Gasteiger partial charge on any atom is 0.201 e. The molecule has 0 N–H and O–H groups in total. The van der Waals surface area contributed by atoms with Crippen molar-refractivity contribution in [2.75, 3.05) is 7.11 Å². The maximum absolute atomic E-state index is 14.4. The summed E-state index contributed by atoms with van der Waals surface area (Å²) in [7, 11) is 1.00. The zero-order chi connectivity index (χ0) is 23.2. The van der Waals surface area contributed by atoms with Crippen molar-refractivity contribution in [3.63, 3.8) is 0 Å². The summed E-state index contributed by atoms with van der Waals surface area (Å²) in [6.07, 6.45) is 12.5. The average Bonchev–Trinajstić information content (AvgIpc) is 2.86. The molecule has 0 atom stereocenters. The van der Waals surface area contributed by atoms with E-state index in [1.807, 2.05) is 12.1 Å². The lowest BCUT2D eigenvalue weighted by Gasteiger charge is -2.32. The molecular weight excluding hydrogens is 430 g/mol. The minimum Gasteiger partial charge on any atom is -0.494 e. The van der Waals surface area contributed by atoms with Crippen LogP contribution in [0.4, 0.5) is 8.78 Å². The third-order valence-electron chi connectivity index (χ3n) is 8.45. The van der Waals surface area contributed by atoms with Crippen molar-refractivity contribution in [2.45, 2.75) is 88.8 Å². The van der Waals surface area contributed by atoms with Crippen molar-refractivity contribution >= 4 is 8.80 Å². The lowest BCUT2D eigenvalue weighted by Crippen LogP contribution is -2.22. The fraction of sp³-hybridized carbons (Fsp3) is 0.586. The van der Waals surface area contributed by atoms with E-state index in [1.165, 1.54) is 76.5 Å². The van der Waals surface area contributed by atoms with Gasteiger partial charge in [-0.25, -0.2) is 4.39 Å². The number of halogens is 2. The number of rotatable bonds is 8. The molecule has 33 heavy (non-hydrogen) atoms. The van der Waals surface area contributed by atoms with E-state index in [0.29, 0.717) is 11.5 Å². The Bertz CT molecular complexity index is 881. The molecule has 180 valence electrons. The standard InChI is InChI=1S/C29H40F2OSi/c1-3-18-33-19-16-22(17-20-33)5-4-21-6-8-23(9-7-21)24-10-12-25(13-11-24)26-14-15-27(32-2)29(31)28(26)30/h10-15,21-23,33H,3-9,16-20H2,1-2H3/t21-,22?,23-,33?. The van der Waals surface area contributed by atoms with Crippen molar-refractivity contribution in [3.05, 3.63) is 53.6 Å². The normalized spacial score (nSPS) is 25.7. The Hall–Kier alpha value is -1.68. The molecule has 4 heteroatoms. The van der Waals surface area contributed by atoms with Gasteiger partial charge in [0.15, 0.2) is 11.6 Å². The van der Waals surface area contributed by atoms with Crippen molar-refractivity contribution in [1.29, 1.82) is 0 Å². The minimum absolute atomic E-state index is 0.0596. The van der Waals surface area contributed by atoms with Crippen LogP contribution in [0.2, 0.25) is 18.1 Å². The monoisotopic (exact) mass is 470 g/mol. The Labute approximate surface area is 200 Å². The largest absolute Gasteiger partial charge is 0.494 e. The molecule has 0 spiro atoms. The fourth-order valence-corrected chi connectivity index (χ4v) is 9.89. The molecule has 2 aromatic carbocycles. The quantitative estimate of drug-likeness (QED) is 0.350.